The van der Waals surface area contributed by atoms with Crippen molar-refractivity contribution in [3.63, 3.8) is 0 Å². The van der Waals surface area contributed by atoms with Gasteiger partial charge in [0.25, 0.3) is 5.91 Å². The number of anilines is 1. The molecule has 6 nitrogen and oxygen atoms in total. The van der Waals surface area contributed by atoms with Gasteiger partial charge in [0.15, 0.2) is 0 Å². The highest BCUT2D eigenvalue weighted by atomic mass is 16.2. The van der Waals surface area contributed by atoms with Gasteiger partial charge in [-0.3, -0.25) is 9.59 Å². The van der Waals surface area contributed by atoms with Crippen molar-refractivity contribution in [1.29, 1.82) is 0 Å². The van der Waals surface area contributed by atoms with E-state index in [2.05, 4.69) is 10.3 Å². The SMILES string of the molecule is C[C@H](Cn1ccnc1)NC(=O)c1cccc(N2CCCC2=O)c1. The molecule has 2 heterocycles. The lowest BCUT2D eigenvalue weighted by molar-refractivity contribution is -0.117. The summed E-state index contributed by atoms with van der Waals surface area (Å²) < 4.78 is 1.92. The minimum atomic E-state index is -0.133. The minimum absolute atomic E-state index is 0.0197. The van der Waals surface area contributed by atoms with Crippen LogP contribution in [0.5, 0.6) is 0 Å². The normalized spacial score (nSPS) is 15.7. The molecule has 1 N–H and O–H groups in total. The van der Waals surface area contributed by atoms with Crippen molar-refractivity contribution in [3.05, 3.63) is 48.5 Å². The second kappa shape index (κ2) is 6.64. The molecule has 1 aliphatic rings. The Bertz CT molecular complexity index is 696. The van der Waals surface area contributed by atoms with Crippen LogP contribution in [0.3, 0.4) is 0 Å². The molecule has 0 radical (unpaired) electrons. The molecule has 0 unspecified atom stereocenters. The maximum Gasteiger partial charge on any atom is 0.251 e. The maximum absolute atomic E-state index is 12.4. The third kappa shape index (κ3) is 3.59. The van der Waals surface area contributed by atoms with E-state index in [1.165, 1.54) is 0 Å². The minimum Gasteiger partial charge on any atom is -0.348 e. The van der Waals surface area contributed by atoms with Crippen molar-refractivity contribution >= 4 is 17.5 Å². The van der Waals surface area contributed by atoms with Gasteiger partial charge in [-0.25, -0.2) is 4.98 Å². The van der Waals surface area contributed by atoms with Gasteiger partial charge < -0.3 is 14.8 Å². The summed E-state index contributed by atoms with van der Waals surface area (Å²) in [7, 11) is 0. The first-order valence-corrected chi connectivity index (χ1v) is 7.80. The molecular formula is C17H20N4O2. The van der Waals surface area contributed by atoms with Gasteiger partial charge in [0.05, 0.1) is 6.33 Å². The number of carbonyl (C=O) groups excluding carboxylic acids is 2. The van der Waals surface area contributed by atoms with Crippen molar-refractivity contribution in [1.82, 2.24) is 14.9 Å². The summed E-state index contributed by atoms with van der Waals surface area (Å²) in [6.07, 6.45) is 6.76. The molecule has 0 aliphatic carbocycles. The molecule has 0 saturated carbocycles. The summed E-state index contributed by atoms with van der Waals surface area (Å²) in [5.41, 5.74) is 1.36. The summed E-state index contributed by atoms with van der Waals surface area (Å²) >= 11 is 0. The summed E-state index contributed by atoms with van der Waals surface area (Å²) in [5, 5.41) is 2.97. The monoisotopic (exact) mass is 312 g/mol. The molecule has 2 amide bonds. The summed E-state index contributed by atoms with van der Waals surface area (Å²) in [5.74, 6) is -0.0119. The second-order valence-corrected chi connectivity index (χ2v) is 5.83. The predicted molar refractivity (Wildman–Crippen MR) is 87.2 cm³/mol. The zero-order valence-electron chi connectivity index (χ0n) is 13.1. The summed E-state index contributed by atoms with van der Waals surface area (Å²) in [4.78, 5) is 30.0. The van der Waals surface area contributed by atoms with E-state index >= 15 is 0 Å². The summed E-state index contributed by atoms with van der Waals surface area (Å²) in [6.45, 7) is 3.34. The van der Waals surface area contributed by atoms with Crippen molar-refractivity contribution in [2.45, 2.75) is 32.4 Å². The van der Waals surface area contributed by atoms with Gasteiger partial charge in [0, 0.05) is 49.2 Å². The smallest absolute Gasteiger partial charge is 0.251 e. The van der Waals surface area contributed by atoms with E-state index in [0.717, 1.165) is 18.7 Å². The van der Waals surface area contributed by atoms with E-state index in [4.69, 9.17) is 0 Å². The van der Waals surface area contributed by atoms with Crippen LogP contribution in [0.25, 0.3) is 0 Å². The standard InChI is InChI=1S/C17H20N4O2/c1-13(11-20-9-7-18-12-20)19-17(23)14-4-2-5-15(10-14)21-8-3-6-16(21)22/h2,4-5,7,9-10,12-13H,3,6,8,11H2,1H3,(H,19,23)/t13-/m1/s1. The zero-order chi connectivity index (χ0) is 16.2. The number of imidazole rings is 1. The highest BCUT2D eigenvalue weighted by Crippen LogP contribution is 2.22. The Kier molecular flexibility index (Phi) is 4.41. The number of rotatable bonds is 5. The molecule has 1 aromatic carbocycles. The van der Waals surface area contributed by atoms with E-state index in [1.54, 1.807) is 29.6 Å². The number of hydrogen-bond acceptors (Lipinski definition) is 3. The number of hydrogen-bond donors (Lipinski definition) is 1. The van der Waals surface area contributed by atoms with Gasteiger partial charge in [-0.05, 0) is 31.5 Å². The van der Waals surface area contributed by atoms with Crippen LogP contribution in [0.15, 0.2) is 43.0 Å². The Morgan fingerprint density at radius 1 is 1.43 bits per heavy atom. The Balaban J connectivity index is 1.66. The number of aromatic nitrogens is 2. The third-order valence-corrected chi connectivity index (χ3v) is 3.91. The molecule has 1 saturated heterocycles. The number of amides is 2. The van der Waals surface area contributed by atoms with Gasteiger partial charge in [-0.15, -0.1) is 0 Å². The van der Waals surface area contributed by atoms with Crippen LogP contribution >= 0.6 is 0 Å². The van der Waals surface area contributed by atoms with Crippen molar-refractivity contribution < 1.29 is 9.59 Å². The zero-order valence-corrected chi connectivity index (χ0v) is 13.1. The topological polar surface area (TPSA) is 67.2 Å². The van der Waals surface area contributed by atoms with Gasteiger partial charge >= 0.3 is 0 Å². The predicted octanol–water partition coefficient (Wildman–Crippen LogP) is 1.83. The fraction of sp³-hybridized carbons (Fsp3) is 0.353. The van der Waals surface area contributed by atoms with Crippen LogP contribution in [0, 0.1) is 0 Å². The number of nitrogens with one attached hydrogen (secondary N) is 1. The number of nitrogens with zero attached hydrogens (tertiary/aromatic N) is 3. The molecule has 0 bridgehead atoms. The average Bonchev–Trinajstić information content (AvgIpc) is 3.19. The van der Waals surface area contributed by atoms with Gasteiger partial charge in [-0.2, -0.15) is 0 Å². The highest BCUT2D eigenvalue weighted by molar-refractivity contribution is 5.99. The summed E-state index contributed by atoms with van der Waals surface area (Å²) in [6, 6.07) is 7.21. The maximum atomic E-state index is 12.4. The fourth-order valence-corrected chi connectivity index (χ4v) is 2.80. The molecule has 120 valence electrons. The number of benzene rings is 1. The van der Waals surface area contributed by atoms with Crippen LogP contribution in [0.1, 0.15) is 30.1 Å². The van der Waals surface area contributed by atoms with Crippen molar-refractivity contribution in [2.75, 3.05) is 11.4 Å². The van der Waals surface area contributed by atoms with Crippen molar-refractivity contribution in [2.24, 2.45) is 0 Å². The number of carbonyl (C=O) groups is 2. The second-order valence-electron chi connectivity index (χ2n) is 5.83. The molecule has 23 heavy (non-hydrogen) atoms. The van der Waals surface area contributed by atoms with Crippen LogP contribution in [-0.4, -0.2) is 34.0 Å². The van der Waals surface area contributed by atoms with Gasteiger partial charge in [0.2, 0.25) is 5.91 Å². The molecule has 2 aromatic rings. The molecule has 1 fully saturated rings. The Morgan fingerprint density at radius 3 is 3.00 bits per heavy atom. The first-order chi connectivity index (χ1) is 11.1. The Hall–Kier alpha value is -2.63. The first-order valence-electron chi connectivity index (χ1n) is 7.80. The highest BCUT2D eigenvalue weighted by Gasteiger charge is 2.22. The van der Waals surface area contributed by atoms with Crippen molar-refractivity contribution in [3.8, 4) is 0 Å². The molecule has 1 aliphatic heterocycles. The first kappa shape index (κ1) is 15.3. The van der Waals surface area contributed by atoms with Crippen LogP contribution in [0.2, 0.25) is 0 Å². The Labute approximate surface area is 135 Å². The lowest BCUT2D eigenvalue weighted by Crippen LogP contribution is -2.35. The van der Waals surface area contributed by atoms with Gasteiger partial charge in [-0.1, -0.05) is 6.07 Å². The van der Waals surface area contributed by atoms with Gasteiger partial charge in [0.1, 0.15) is 0 Å². The molecule has 1 aromatic heterocycles. The quantitative estimate of drug-likeness (QED) is 0.916. The van der Waals surface area contributed by atoms with E-state index in [0.29, 0.717) is 18.5 Å². The molecule has 1 atom stereocenters. The van der Waals surface area contributed by atoms with Crippen LogP contribution < -0.4 is 10.2 Å². The molecule has 3 rings (SSSR count). The van der Waals surface area contributed by atoms with E-state index in [1.807, 2.05) is 29.8 Å². The van der Waals surface area contributed by atoms with Crippen LogP contribution in [0.4, 0.5) is 5.69 Å². The average molecular weight is 312 g/mol. The molecule has 6 heteroatoms. The molecule has 0 spiro atoms. The van der Waals surface area contributed by atoms with E-state index < -0.39 is 0 Å². The molecular weight excluding hydrogens is 292 g/mol. The van der Waals surface area contributed by atoms with E-state index in [9.17, 15) is 9.59 Å². The third-order valence-electron chi connectivity index (χ3n) is 3.91. The van der Waals surface area contributed by atoms with E-state index in [-0.39, 0.29) is 17.9 Å². The lowest BCUT2D eigenvalue weighted by atomic mass is 10.1. The van der Waals surface area contributed by atoms with Crippen LogP contribution in [-0.2, 0) is 11.3 Å². The fourth-order valence-electron chi connectivity index (χ4n) is 2.80. The Morgan fingerprint density at radius 2 is 2.30 bits per heavy atom. The largest absolute Gasteiger partial charge is 0.348 e. The lowest BCUT2D eigenvalue weighted by Gasteiger charge is -2.18.